The largest absolute Gasteiger partial charge is 0.496 e. The zero-order chi connectivity index (χ0) is 19.8. The van der Waals surface area contributed by atoms with Gasteiger partial charge in [-0.3, -0.25) is 4.99 Å². The number of benzene rings is 1. The highest BCUT2D eigenvalue weighted by Crippen LogP contribution is 2.20. The summed E-state index contributed by atoms with van der Waals surface area (Å²) in [6, 6.07) is 5.41. The molecule has 0 aliphatic carbocycles. The number of thiazole rings is 1. The Kier molecular flexibility index (Phi) is 10.2. The van der Waals surface area contributed by atoms with Crippen molar-refractivity contribution in [1.29, 1.82) is 0 Å². The second-order valence-electron chi connectivity index (χ2n) is 5.88. The predicted octanol–water partition coefficient (Wildman–Crippen LogP) is 3.08. The lowest BCUT2D eigenvalue weighted by molar-refractivity contribution is 0.0597. The third kappa shape index (κ3) is 6.62. The lowest BCUT2D eigenvalue weighted by Gasteiger charge is -2.13. The van der Waals surface area contributed by atoms with Crippen molar-refractivity contribution in [2.75, 3.05) is 27.8 Å². The van der Waals surface area contributed by atoms with E-state index < -0.39 is 5.97 Å². The van der Waals surface area contributed by atoms with Gasteiger partial charge in [-0.15, -0.1) is 35.3 Å². The first-order valence-electron chi connectivity index (χ1n) is 8.61. The molecule has 2 rings (SSSR count). The molecule has 0 bridgehead atoms. The van der Waals surface area contributed by atoms with Gasteiger partial charge in [0.2, 0.25) is 0 Å². The van der Waals surface area contributed by atoms with Crippen molar-refractivity contribution >= 4 is 47.2 Å². The van der Waals surface area contributed by atoms with E-state index in [-0.39, 0.29) is 24.0 Å². The maximum absolute atomic E-state index is 11.9. The zero-order valence-corrected chi connectivity index (χ0v) is 19.9. The zero-order valence-electron chi connectivity index (χ0n) is 16.8. The maximum Gasteiger partial charge on any atom is 0.341 e. The number of hydrogen-bond donors (Lipinski definition) is 2. The minimum atomic E-state index is -0.426. The maximum atomic E-state index is 11.9. The van der Waals surface area contributed by atoms with Gasteiger partial charge in [-0.25, -0.2) is 9.78 Å². The molecule has 1 aromatic carbocycles. The Morgan fingerprint density at radius 2 is 2.00 bits per heavy atom. The van der Waals surface area contributed by atoms with Gasteiger partial charge in [-0.05, 0) is 31.5 Å². The van der Waals surface area contributed by atoms with Gasteiger partial charge in [0.25, 0.3) is 0 Å². The summed E-state index contributed by atoms with van der Waals surface area (Å²) < 4.78 is 10.0. The number of rotatable bonds is 7. The lowest BCUT2D eigenvalue weighted by Crippen LogP contribution is -2.37. The molecule has 0 fully saturated rings. The molecule has 0 atom stereocenters. The van der Waals surface area contributed by atoms with Gasteiger partial charge < -0.3 is 20.1 Å². The van der Waals surface area contributed by atoms with Crippen LogP contribution in [0.15, 0.2) is 23.2 Å². The Labute approximate surface area is 187 Å². The van der Waals surface area contributed by atoms with E-state index in [2.05, 4.69) is 27.5 Å². The third-order valence-corrected chi connectivity index (χ3v) is 5.19. The molecule has 0 unspecified atom stereocenters. The Morgan fingerprint density at radius 3 is 2.57 bits per heavy atom. The van der Waals surface area contributed by atoms with E-state index in [9.17, 15) is 4.79 Å². The van der Waals surface area contributed by atoms with Crippen LogP contribution in [-0.2, 0) is 17.7 Å². The van der Waals surface area contributed by atoms with Crippen molar-refractivity contribution in [1.82, 2.24) is 15.6 Å². The number of aryl methyl sites for hydroxylation is 2. The highest BCUT2D eigenvalue weighted by Gasteiger charge is 2.13. The molecule has 1 aromatic heterocycles. The molecule has 0 radical (unpaired) electrons. The SMILES string of the molecule is CN=C(NCCc1nc(C)c(C)s1)NCc1ccc(OC)c(C(=O)OC)c1.I. The molecule has 2 N–H and O–H groups in total. The fourth-order valence-corrected chi connectivity index (χ4v) is 3.41. The molecule has 154 valence electrons. The van der Waals surface area contributed by atoms with Gasteiger partial charge in [0.15, 0.2) is 5.96 Å². The minimum absolute atomic E-state index is 0. The highest BCUT2D eigenvalue weighted by molar-refractivity contribution is 14.0. The van der Waals surface area contributed by atoms with E-state index in [1.54, 1.807) is 30.5 Å². The lowest BCUT2D eigenvalue weighted by atomic mass is 10.1. The normalized spacial score (nSPS) is 10.8. The number of esters is 1. The van der Waals surface area contributed by atoms with Crippen LogP contribution >= 0.6 is 35.3 Å². The molecule has 28 heavy (non-hydrogen) atoms. The van der Waals surface area contributed by atoms with Crippen molar-refractivity contribution in [2.24, 2.45) is 4.99 Å². The van der Waals surface area contributed by atoms with Crippen LogP contribution in [0, 0.1) is 13.8 Å². The molecular formula is C19H27IN4O3S. The van der Waals surface area contributed by atoms with Gasteiger partial charge in [0, 0.05) is 31.4 Å². The molecule has 0 aliphatic heterocycles. The van der Waals surface area contributed by atoms with Crippen molar-refractivity contribution in [3.8, 4) is 5.75 Å². The smallest absolute Gasteiger partial charge is 0.341 e. The predicted molar refractivity (Wildman–Crippen MR) is 123 cm³/mol. The highest BCUT2D eigenvalue weighted by atomic mass is 127. The van der Waals surface area contributed by atoms with Crippen LogP contribution in [0.2, 0.25) is 0 Å². The summed E-state index contributed by atoms with van der Waals surface area (Å²) in [5, 5.41) is 7.63. The minimum Gasteiger partial charge on any atom is -0.496 e. The van der Waals surface area contributed by atoms with Crippen LogP contribution in [0.25, 0.3) is 0 Å². The third-order valence-electron chi connectivity index (χ3n) is 4.06. The second kappa shape index (κ2) is 11.8. The van der Waals surface area contributed by atoms with E-state index in [1.165, 1.54) is 19.1 Å². The quantitative estimate of drug-likeness (QED) is 0.254. The number of hydrogen-bond acceptors (Lipinski definition) is 6. The molecule has 0 amide bonds. The summed E-state index contributed by atoms with van der Waals surface area (Å²) in [5.41, 5.74) is 2.42. The van der Waals surface area contributed by atoms with Gasteiger partial charge >= 0.3 is 5.97 Å². The number of ether oxygens (including phenoxy) is 2. The van der Waals surface area contributed by atoms with Crippen LogP contribution in [0.4, 0.5) is 0 Å². The molecule has 9 heteroatoms. The van der Waals surface area contributed by atoms with Crippen LogP contribution < -0.4 is 15.4 Å². The topological polar surface area (TPSA) is 84.8 Å². The number of halogens is 1. The van der Waals surface area contributed by atoms with E-state index in [1.807, 2.05) is 13.0 Å². The first-order valence-corrected chi connectivity index (χ1v) is 9.42. The molecule has 1 heterocycles. The van der Waals surface area contributed by atoms with E-state index in [0.717, 1.165) is 29.2 Å². The molecule has 7 nitrogen and oxygen atoms in total. The number of nitrogens with one attached hydrogen (secondary N) is 2. The molecule has 0 aliphatic rings. The first kappa shape index (κ1) is 24.2. The Balaban J connectivity index is 0.00000392. The fraction of sp³-hybridized carbons (Fsp3) is 0.421. The fourth-order valence-electron chi connectivity index (χ4n) is 2.47. The monoisotopic (exact) mass is 518 g/mol. The van der Waals surface area contributed by atoms with E-state index in [0.29, 0.717) is 23.8 Å². The Morgan fingerprint density at radius 1 is 1.25 bits per heavy atom. The Bertz CT molecular complexity index is 804. The summed E-state index contributed by atoms with van der Waals surface area (Å²) in [6.07, 6.45) is 0.842. The van der Waals surface area contributed by atoms with Crippen molar-refractivity contribution < 1.29 is 14.3 Å². The average Bonchev–Trinajstić information content (AvgIpc) is 3.00. The molecule has 2 aromatic rings. The van der Waals surface area contributed by atoms with Crippen LogP contribution in [0.3, 0.4) is 0 Å². The van der Waals surface area contributed by atoms with E-state index in [4.69, 9.17) is 9.47 Å². The second-order valence-corrected chi connectivity index (χ2v) is 7.17. The molecule has 0 saturated heterocycles. The van der Waals surface area contributed by atoms with Gasteiger partial charge in [0.05, 0.1) is 24.9 Å². The standard InChI is InChI=1S/C19H26N4O3S.HI/c1-12-13(2)27-17(23-12)8-9-21-19(20-3)22-11-14-6-7-16(25-4)15(10-14)18(24)26-5;/h6-7,10H,8-9,11H2,1-5H3,(H2,20,21,22);1H. The van der Waals surface area contributed by atoms with Crippen molar-refractivity contribution in [3.63, 3.8) is 0 Å². The van der Waals surface area contributed by atoms with Gasteiger partial charge in [-0.2, -0.15) is 0 Å². The van der Waals surface area contributed by atoms with Gasteiger partial charge in [-0.1, -0.05) is 6.07 Å². The number of guanidine groups is 1. The van der Waals surface area contributed by atoms with Crippen molar-refractivity contribution in [3.05, 3.63) is 44.9 Å². The average molecular weight is 518 g/mol. The summed E-state index contributed by atoms with van der Waals surface area (Å²) in [7, 11) is 4.60. The number of methoxy groups -OCH3 is 2. The summed E-state index contributed by atoms with van der Waals surface area (Å²) in [6.45, 7) is 5.37. The van der Waals surface area contributed by atoms with Gasteiger partial charge in [0.1, 0.15) is 11.3 Å². The van der Waals surface area contributed by atoms with Crippen molar-refractivity contribution in [2.45, 2.75) is 26.8 Å². The van der Waals surface area contributed by atoms with Crippen LogP contribution in [0.1, 0.15) is 31.5 Å². The molecular weight excluding hydrogens is 491 g/mol. The first-order chi connectivity index (χ1) is 13.0. The molecule has 0 spiro atoms. The summed E-state index contributed by atoms with van der Waals surface area (Å²) >= 11 is 1.73. The summed E-state index contributed by atoms with van der Waals surface area (Å²) in [4.78, 5) is 21.9. The number of aliphatic imine (C=N–C) groups is 1. The summed E-state index contributed by atoms with van der Waals surface area (Å²) in [5.74, 6) is 0.753. The number of aromatic nitrogens is 1. The van der Waals surface area contributed by atoms with E-state index >= 15 is 0 Å². The Hall–Kier alpha value is -1.88. The number of nitrogens with zero attached hydrogens (tertiary/aromatic N) is 2. The molecule has 0 saturated carbocycles. The number of carbonyl (C=O) groups excluding carboxylic acids is 1. The number of carbonyl (C=O) groups is 1. The van der Waals surface area contributed by atoms with Crippen LogP contribution in [0.5, 0.6) is 5.75 Å². The van der Waals surface area contributed by atoms with Crippen LogP contribution in [-0.4, -0.2) is 44.7 Å².